The molecule has 1 saturated carbocycles. The summed E-state index contributed by atoms with van der Waals surface area (Å²) in [7, 11) is 0. The number of urea groups is 1. The smallest absolute Gasteiger partial charge is 0.321 e. The van der Waals surface area contributed by atoms with Crippen molar-refractivity contribution < 1.29 is 9.59 Å². The van der Waals surface area contributed by atoms with Crippen molar-refractivity contribution in [2.24, 2.45) is 5.92 Å². The van der Waals surface area contributed by atoms with E-state index in [0.717, 1.165) is 25.1 Å². The molecule has 6 heteroatoms. The lowest BCUT2D eigenvalue weighted by atomic mass is 9.97. The first-order valence-corrected chi connectivity index (χ1v) is 10.8. The number of nitrogens with zero attached hydrogens (tertiary/aromatic N) is 1. The first kappa shape index (κ1) is 20.6. The van der Waals surface area contributed by atoms with Crippen molar-refractivity contribution >= 4 is 17.6 Å². The van der Waals surface area contributed by atoms with Crippen molar-refractivity contribution in [2.75, 3.05) is 31.5 Å². The third-order valence-corrected chi connectivity index (χ3v) is 5.82. The predicted octanol–water partition coefficient (Wildman–Crippen LogP) is 3.36. The number of anilines is 1. The summed E-state index contributed by atoms with van der Waals surface area (Å²) in [6.45, 7) is 2.66. The van der Waals surface area contributed by atoms with Crippen molar-refractivity contribution in [3.63, 3.8) is 0 Å². The van der Waals surface area contributed by atoms with Gasteiger partial charge in [-0.3, -0.25) is 4.79 Å². The van der Waals surface area contributed by atoms with E-state index in [0.29, 0.717) is 25.7 Å². The zero-order valence-corrected chi connectivity index (χ0v) is 16.8. The van der Waals surface area contributed by atoms with Crippen LogP contribution in [0.15, 0.2) is 30.3 Å². The number of amides is 3. The van der Waals surface area contributed by atoms with Gasteiger partial charge in [0.1, 0.15) is 0 Å². The van der Waals surface area contributed by atoms with Crippen LogP contribution in [0.2, 0.25) is 0 Å². The number of benzene rings is 1. The molecule has 6 nitrogen and oxygen atoms in total. The van der Waals surface area contributed by atoms with Crippen LogP contribution in [0.1, 0.15) is 51.4 Å². The Morgan fingerprint density at radius 2 is 1.68 bits per heavy atom. The van der Waals surface area contributed by atoms with Crippen LogP contribution in [0.5, 0.6) is 0 Å². The Bertz CT molecular complexity index is 614. The molecule has 1 aromatic rings. The molecule has 1 heterocycles. The van der Waals surface area contributed by atoms with E-state index in [1.807, 2.05) is 30.3 Å². The van der Waals surface area contributed by atoms with Crippen molar-refractivity contribution in [2.45, 2.75) is 57.4 Å². The van der Waals surface area contributed by atoms with E-state index in [1.54, 1.807) is 4.90 Å². The van der Waals surface area contributed by atoms with Crippen LogP contribution < -0.4 is 16.0 Å². The molecule has 2 fully saturated rings. The Labute approximate surface area is 168 Å². The second kappa shape index (κ2) is 11.1. The van der Waals surface area contributed by atoms with Crippen LogP contribution in [0.4, 0.5) is 10.5 Å². The first-order valence-electron chi connectivity index (χ1n) is 10.8. The highest BCUT2D eigenvalue weighted by atomic mass is 16.2. The number of piperidine rings is 1. The zero-order chi connectivity index (χ0) is 19.6. The van der Waals surface area contributed by atoms with Crippen molar-refractivity contribution in [1.29, 1.82) is 0 Å². The van der Waals surface area contributed by atoms with Gasteiger partial charge in [0.05, 0.1) is 5.92 Å². The molecule has 1 atom stereocenters. The molecule has 1 unspecified atom stereocenters. The molecule has 0 aromatic heterocycles. The molecular weight excluding hydrogens is 352 g/mol. The standard InChI is InChI=1S/C22H34N4O2/c27-21(24-15-14-23-19-10-4-1-2-5-11-19)18-9-8-16-26(17-18)22(28)25-20-12-6-3-7-13-20/h3,6-7,12-13,18-19,23H,1-2,4-5,8-11,14-17H2,(H,24,27)(H,25,28). The summed E-state index contributed by atoms with van der Waals surface area (Å²) in [4.78, 5) is 26.8. The maximum atomic E-state index is 12.5. The normalized spacial score (nSPS) is 21.0. The Kier molecular flexibility index (Phi) is 8.15. The molecule has 2 aliphatic rings. The van der Waals surface area contributed by atoms with Gasteiger partial charge in [-0.15, -0.1) is 0 Å². The molecule has 0 bridgehead atoms. The molecule has 1 aliphatic carbocycles. The van der Waals surface area contributed by atoms with Gasteiger partial charge in [-0.05, 0) is 37.8 Å². The van der Waals surface area contributed by atoms with Crippen LogP contribution in [0.25, 0.3) is 0 Å². The van der Waals surface area contributed by atoms with Gasteiger partial charge in [0.2, 0.25) is 5.91 Å². The number of likely N-dealkylation sites (tertiary alicyclic amines) is 1. The van der Waals surface area contributed by atoms with Gasteiger partial charge in [-0.25, -0.2) is 4.79 Å². The summed E-state index contributed by atoms with van der Waals surface area (Å²) >= 11 is 0. The van der Waals surface area contributed by atoms with E-state index in [2.05, 4.69) is 16.0 Å². The van der Waals surface area contributed by atoms with E-state index in [9.17, 15) is 9.59 Å². The Balaban J connectivity index is 1.37. The molecule has 1 aliphatic heterocycles. The molecule has 3 rings (SSSR count). The minimum atomic E-state index is -0.126. The molecule has 0 spiro atoms. The second-order valence-corrected chi connectivity index (χ2v) is 8.01. The lowest BCUT2D eigenvalue weighted by molar-refractivity contribution is -0.126. The quantitative estimate of drug-likeness (QED) is 0.518. The average molecular weight is 387 g/mol. The molecular formula is C22H34N4O2. The predicted molar refractivity (Wildman–Crippen MR) is 112 cm³/mol. The van der Waals surface area contributed by atoms with Gasteiger partial charge >= 0.3 is 6.03 Å². The summed E-state index contributed by atoms with van der Waals surface area (Å²) < 4.78 is 0. The number of nitrogens with one attached hydrogen (secondary N) is 3. The Morgan fingerprint density at radius 1 is 0.929 bits per heavy atom. The molecule has 3 amide bonds. The van der Waals surface area contributed by atoms with Gasteiger partial charge < -0.3 is 20.9 Å². The summed E-state index contributed by atoms with van der Waals surface area (Å²) in [6, 6.07) is 9.92. The highest BCUT2D eigenvalue weighted by Gasteiger charge is 2.28. The molecule has 1 aromatic carbocycles. The maximum Gasteiger partial charge on any atom is 0.321 e. The molecule has 1 saturated heterocycles. The van der Waals surface area contributed by atoms with Crippen LogP contribution in [-0.4, -0.2) is 49.1 Å². The maximum absolute atomic E-state index is 12.5. The van der Waals surface area contributed by atoms with Crippen molar-refractivity contribution in [3.8, 4) is 0 Å². The van der Waals surface area contributed by atoms with Gasteiger partial charge in [0, 0.05) is 37.9 Å². The largest absolute Gasteiger partial charge is 0.355 e. The highest BCUT2D eigenvalue weighted by molar-refractivity contribution is 5.90. The highest BCUT2D eigenvalue weighted by Crippen LogP contribution is 2.18. The van der Waals surface area contributed by atoms with E-state index in [4.69, 9.17) is 0 Å². The van der Waals surface area contributed by atoms with Crippen LogP contribution in [-0.2, 0) is 4.79 Å². The first-order chi connectivity index (χ1) is 13.7. The van der Waals surface area contributed by atoms with E-state index in [-0.39, 0.29) is 17.9 Å². The Hall–Kier alpha value is -2.08. The summed E-state index contributed by atoms with van der Waals surface area (Å²) in [5.41, 5.74) is 0.781. The minimum absolute atomic E-state index is 0.0693. The fraction of sp³-hybridized carbons (Fsp3) is 0.636. The fourth-order valence-corrected chi connectivity index (χ4v) is 4.19. The molecule has 0 radical (unpaired) electrons. The lowest BCUT2D eigenvalue weighted by Crippen LogP contribution is -2.47. The third kappa shape index (κ3) is 6.51. The summed E-state index contributed by atoms with van der Waals surface area (Å²) in [6.07, 6.45) is 9.54. The topological polar surface area (TPSA) is 73.5 Å². The van der Waals surface area contributed by atoms with E-state index in [1.165, 1.54) is 38.5 Å². The summed E-state index contributed by atoms with van der Waals surface area (Å²) in [5.74, 6) is -0.0481. The van der Waals surface area contributed by atoms with Crippen LogP contribution in [0, 0.1) is 5.92 Å². The number of carbonyl (C=O) groups is 2. The van der Waals surface area contributed by atoms with Crippen molar-refractivity contribution in [1.82, 2.24) is 15.5 Å². The van der Waals surface area contributed by atoms with Gasteiger partial charge in [-0.1, -0.05) is 43.9 Å². The SMILES string of the molecule is O=C(NCCNC1CCCCCC1)C1CCCN(C(=O)Nc2ccccc2)C1. The number of carbonyl (C=O) groups excluding carboxylic acids is 2. The number of rotatable bonds is 6. The molecule has 3 N–H and O–H groups in total. The molecule has 28 heavy (non-hydrogen) atoms. The summed E-state index contributed by atoms with van der Waals surface area (Å²) in [5, 5.41) is 9.55. The molecule has 154 valence electrons. The average Bonchev–Trinajstić information content (AvgIpc) is 3.01. The lowest BCUT2D eigenvalue weighted by Gasteiger charge is -2.32. The van der Waals surface area contributed by atoms with Crippen LogP contribution in [0.3, 0.4) is 0 Å². The fourth-order valence-electron chi connectivity index (χ4n) is 4.19. The monoisotopic (exact) mass is 386 g/mol. The zero-order valence-electron chi connectivity index (χ0n) is 16.8. The van der Waals surface area contributed by atoms with E-state index < -0.39 is 0 Å². The van der Waals surface area contributed by atoms with Gasteiger partial charge in [0.15, 0.2) is 0 Å². The third-order valence-electron chi connectivity index (χ3n) is 5.82. The Morgan fingerprint density at radius 3 is 2.43 bits per heavy atom. The van der Waals surface area contributed by atoms with Crippen molar-refractivity contribution in [3.05, 3.63) is 30.3 Å². The van der Waals surface area contributed by atoms with Crippen LogP contribution >= 0.6 is 0 Å². The number of hydrogen-bond acceptors (Lipinski definition) is 3. The van der Waals surface area contributed by atoms with Gasteiger partial charge in [0.25, 0.3) is 0 Å². The number of hydrogen-bond donors (Lipinski definition) is 3. The van der Waals surface area contributed by atoms with Gasteiger partial charge in [-0.2, -0.15) is 0 Å². The minimum Gasteiger partial charge on any atom is -0.355 e. The van der Waals surface area contributed by atoms with E-state index >= 15 is 0 Å². The number of para-hydroxylation sites is 1. The second-order valence-electron chi connectivity index (χ2n) is 8.01.